The monoisotopic (exact) mass is 584 g/mol. The summed E-state index contributed by atoms with van der Waals surface area (Å²) < 4.78 is 92.9. The molecule has 0 saturated carbocycles. The average Bonchev–Trinajstić information content (AvgIpc) is 3.14. The number of imide groups is 1. The van der Waals surface area contributed by atoms with Crippen molar-refractivity contribution in [1.29, 1.82) is 0 Å². The van der Waals surface area contributed by atoms with Crippen LogP contribution in [-0.4, -0.2) is 45.9 Å². The second-order valence-electron chi connectivity index (χ2n) is 10.5. The second-order valence-corrected chi connectivity index (χ2v) is 12.3. The van der Waals surface area contributed by atoms with Gasteiger partial charge in [0.25, 0.3) is 10.0 Å². The van der Waals surface area contributed by atoms with Gasteiger partial charge in [0.05, 0.1) is 10.6 Å². The lowest BCUT2D eigenvalue weighted by molar-refractivity contribution is -0.143. The fourth-order valence-electron chi connectivity index (χ4n) is 3.35. The van der Waals surface area contributed by atoms with E-state index in [1.165, 1.54) is 65.8 Å². The summed E-state index contributed by atoms with van der Waals surface area (Å²) in [5.74, 6) is -1.61. The minimum atomic E-state index is -5.11. The van der Waals surface area contributed by atoms with Crippen LogP contribution >= 0.6 is 0 Å². The highest BCUT2D eigenvalue weighted by atomic mass is 32.2. The van der Waals surface area contributed by atoms with E-state index in [9.17, 15) is 35.6 Å². The van der Waals surface area contributed by atoms with Crippen LogP contribution in [-0.2, 0) is 25.7 Å². The summed E-state index contributed by atoms with van der Waals surface area (Å²) in [4.78, 5) is 25.0. The average molecular weight is 585 g/mol. The molecule has 1 aromatic heterocycles. The largest absolute Gasteiger partial charge is 0.443 e. The van der Waals surface area contributed by atoms with Gasteiger partial charge in [-0.25, -0.2) is 27.1 Å². The van der Waals surface area contributed by atoms with Crippen molar-refractivity contribution < 1.29 is 45.0 Å². The van der Waals surface area contributed by atoms with E-state index in [0.717, 1.165) is 24.3 Å². The molecule has 1 heterocycles. The third-order valence-corrected chi connectivity index (χ3v) is 6.53. The van der Waals surface area contributed by atoms with Crippen LogP contribution in [0.3, 0.4) is 0 Å². The zero-order chi connectivity index (χ0) is 30.3. The quantitative estimate of drug-likeness (QED) is 0.320. The summed E-state index contributed by atoms with van der Waals surface area (Å²) in [5.41, 5.74) is -4.67. The maximum atomic E-state index is 15.0. The summed E-state index contributed by atoms with van der Waals surface area (Å²) in [6.07, 6.45) is -8.16. The van der Waals surface area contributed by atoms with Gasteiger partial charge in [-0.15, -0.1) is 0 Å². The molecule has 3 rings (SSSR count). The summed E-state index contributed by atoms with van der Waals surface area (Å²) in [7, 11) is -4.93. The molecule has 0 fully saturated rings. The molecule has 3 aromatic rings. The van der Waals surface area contributed by atoms with E-state index >= 15 is 0 Å². The van der Waals surface area contributed by atoms with Crippen LogP contribution in [0.15, 0.2) is 59.5 Å². The number of sulfonamides is 1. The van der Waals surface area contributed by atoms with E-state index in [-0.39, 0.29) is 15.6 Å². The number of rotatable bonds is 4. The maximum Gasteiger partial charge on any atom is 0.438 e. The van der Waals surface area contributed by atoms with Crippen LogP contribution in [0.5, 0.6) is 0 Å². The molecular weight excluding hydrogens is 557 g/mol. The first-order valence-corrected chi connectivity index (χ1v) is 13.2. The van der Waals surface area contributed by atoms with Gasteiger partial charge in [0.1, 0.15) is 16.9 Å². The Hall–Kier alpha value is -3.94. The summed E-state index contributed by atoms with van der Waals surface area (Å²) in [5, 5.41) is 3.40. The van der Waals surface area contributed by atoms with Crippen LogP contribution in [0.4, 0.5) is 27.2 Å². The van der Waals surface area contributed by atoms with Crippen molar-refractivity contribution in [1.82, 2.24) is 14.1 Å². The van der Waals surface area contributed by atoms with Crippen LogP contribution in [0.25, 0.3) is 16.9 Å². The summed E-state index contributed by atoms with van der Waals surface area (Å²) >= 11 is 0. The molecule has 0 aliphatic heterocycles. The van der Waals surface area contributed by atoms with E-state index in [4.69, 9.17) is 9.47 Å². The van der Waals surface area contributed by atoms with Gasteiger partial charge < -0.3 is 9.47 Å². The molecule has 0 aliphatic rings. The molecule has 0 atom stereocenters. The Kier molecular flexibility index (Phi) is 8.08. The standard InChI is InChI=1S/C26H27F4N3O6S/c1-24(2,3)38-22(34)33(23(35)39-25(4,5)6)40(36,37)18-14-12-17(13-15-18)32-20(16-10-8-7-9-11-16)19(27)21(31-32)26(28,29)30/h7-15H,1-6H3/i27-1. The Morgan fingerprint density at radius 1 is 0.825 bits per heavy atom. The molecule has 0 unspecified atom stereocenters. The molecule has 216 valence electrons. The predicted octanol–water partition coefficient (Wildman–Crippen LogP) is 6.56. The zero-order valence-electron chi connectivity index (χ0n) is 22.4. The van der Waals surface area contributed by atoms with Crippen molar-refractivity contribution in [2.45, 2.75) is 63.8 Å². The highest BCUT2D eigenvalue weighted by Crippen LogP contribution is 2.36. The Bertz CT molecular complexity index is 1480. The molecule has 40 heavy (non-hydrogen) atoms. The SMILES string of the molecule is CC(C)(C)OC(=O)N(C(=O)OC(C)(C)C)S(=O)(=O)c1ccc(-n2nc(C(F)(F)F)c([18F])c2-c2ccccc2)cc1. The number of aromatic nitrogens is 2. The topological polar surface area (TPSA) is 108 Å². The van der Waals surface area contributed by atoms with Gasteiger partial charge in [0.15, 0.2) is 5.82 Å². The number of alkyl halides is 3. The zero-order valence-corrected chi connectivity index (χ0v) is 23.2. The predicted molar refractivity (Wildman–Crippen MR) is 135 cm³/mol. The molecule has 0 bridgehead atoms. The van der Waals surface area contributed by atoms with Crippen molar-refractivity contribution in [3.05, 3.63) is 66.1 Å². The molecule has 2 aromatic carbocycles. The summed E-state index contributed by atoms with van der Waals surface area (Å²) in [6.45, 7) is 8.76. The molecule has 0 N–H and O–H groups in total. The first kappa shape index (κ1) is 30.6. The van der Waals surface area contributed by atoms with Gasteiger partial charge in [-0.2, -0.15) is 18.3 Å². The van der Waals surface area contributed by atoms with Gasteiger partial charge in [-0.1, -0.05) is 34.6 Å². The van der Waals surface area contributed by atoms with E-state index < -0.39 is 61.7 Å². The minimum Gasteiger partial charge on any atom is -0.443 e. The molecule has 2 amide bonds. The van der Waals surface area contributed by atoms with Gasteiger partial charge in [-0.05, 0) is 65.8 Å². The smallest absolute Gasteiger partial charge is 0.438 e. The number of hydrogen-bond donors (Lipinski definition) is 0. The van der Waals surface area contributed by atoms with Crippen LogP contribution in [0.2, 0.25) is 0 Å². The highest BCUT2D eigenvalue weighted by Gasteiger charge is 2.42. The number of carbonyl (C=O) groups is 2. The number of amides is 2. The summed E-state index contributed by atoms with van der Waals surface area (Å²) in [6, 6.07) is 11.3. The van der Waals surface area contributed by atoms with E-state index in [0.29, 0.717) is 4.68 Å². The van der Waals surface area contributed by atoms with Gasteiger partial charge in [-0.3, -0.25) is 0 Å². The van der Waals surface area contributed by atoms with Crippen molar-refractivity contribution >= 4 is 22.2 Å². The van der Waals surface area contributed by atoms with Crippen LogP contribution in [0, 0.1) is 5.82 Å². The van der Waals surface area contributed by atoms with Crippen molar-refractivity contribution in [2.75, 3.05) is 0 Å². The lowest BCUT2D eigenvalue weighted by Gasteiger charge is -2.28. The number of nitrogens with zero attached hydrogens (tertiary/aromatic N) is 3. The second kappa shape index (κ2) is 10.6. The lowest BCUT2D eigenvalue weighted by Crippen LogP contribution is -2.46. The number of carbonyl (C=O) groups excluding carboxylic acids is 2. The van der Waals surface area contributed by atoms with E-state index in [1.807, 2.05) is 0 Å². The molecule has 9 nitrogen and oxygen atoms in total. The Labute approximate surface area is 228 Å². The van der Waals surface area contributed by atoms with Gasteiger partial charge in [0.2, 0.25) is 5.69 Å². The van der Waals surface area contributed by atoms with E-state index in [2.05, 4.69) is 5.10 Å². The number of ether oxygens (including phenoxy) is 2. The molecule has 0 spiro atoms. The normalized spacial score (nSPS) is 12.7. The third-order valence-electron chi connectivity index (χ3n) is 4.88. The number of hydrogen-bond acceptors (Lipinski definition) is 7. The maximum absolute atomic E-state index is 15.0. The fraction of sp³-hybridized carbons (Fsp3) is 0.346. The highest BCUT2D eigenvalue weighted by molar-refractivity contribution is 7.90. The van der Waals surface area contributed by atoms with Crippen LogP contribution in [0.1, 0.15) is 47.2 Å². The van der Waals surface area contributed by atoms with Crippen LogP contribution < -0.4 is 0 Å². The molecule has 0 saturated heterocycles. The fourth-order valence-corrected chi connectivity index (χ4v) is 4.51. The van der Waals surface area contributed by atoms with Crippen molar-refractivity contribution in [3.8, 4) is 16.9 Å². The van der Waals surface area contributed by atoms with Gasteiger partial charge >= 0.3 is 18.4 Å². The first-order valence-electron chi connectivity index (χ1n) is 11.8. The molecule has 0 radical (unpaired) electrons. The number of halogens is 4. The molecule has 14 heteroatoms. The van der Waals surface area contributed by atoms with Crippen molar-refractivity contribution in [3.63, 3.8) is 0 Å². The first-order chi connectivity index (χ1) is 18.2. The Morgan fingerprint density at radius 3 is 1.73 bits per heavy atom. The minimum absolute atomic E-state index is 0.0840. The third kappa shape index (κ3) is 6.79. The van der Waals surface area contributed by atoms with Gasteiger partial charge in [0, 0.05) is 5.56 Å². The lowest BCUT2D eigenvalue weighted by atomic mass is 10.1. The Balaban J connectivity index is 2.11. The number of benzene rings is 2. The van der Waals surface area contributed by atoms with Crippen molar-refractivity contribution in [2.24, 2.45) is 0 Å². The van der Waals surface area contributed by atoms with E-state index in [1.54, 1.807) is 6.07 Å². The molecular formula is C26H27F4N3O6S. The molecule has 0 aliphatic carbocycles. The Morgan fingerprint density at radius 2 is 1.30 bits per heavy atom.